The van der Waals surface area contributed by atoms with E-state index in [1.807, 2.05) is 0 Å². The van der Waals surface area contributed by atoms with Crippen LogP contribution in [0.1, 0.15) is 71.4 Å². The molecule has 0 saturated heterocycles. The Hall–Kier alpha value is -1.31. The Balaban J connectivity index is 0.00000180. The summed E-state index contributed by atoms with van der Waals surface area (Å²) in [6, 6.07) is 8.98. The average molecular weight is 278 g/mol. The zero-order chi connectivity index (χ0) is 13.0. The molecule has 0 atom stereocenters. The highest BCUT2D eigenvalue weighted by atomic mass is 16.5. The Kier molecular flexibility index (Phi) is 8.21. The smallest absolute Gasteiger partial charge is 0.302 e. The van der Waals surface area contributed by atoms with Gasteiger partial charge in [-0.1, -0.05) is 46.0 Å². The van der Waals surface area contributed by atoms with Crippen LogP contribution in [0.2, 0.25) is 0 Å². The summed E-state index contributed by atoms with van der Waals surface area (Å²) in [7, 11) is 0. The first-order valence-electron chi connectivity index (χ1n) is 6.95. The van der Waals surface area contributed by atoms with E-state index < -0.39 is 0 Å². The van der Waals surface area contributed by atoms with Crippen molar-refractivity contribution in [2.75, 3.05) is 0 Å². The number of aryl methyl sites for hydroxylation is 1. The van der Waals surface area contributed by atoms with E-state index in [0.717, 1.165) is 32.1 Å². The summed E-state index contributed by atoms with van der Waals surface area (Å²) < 4.78 is 5.27. The molecule has 0 aromatic heterocycles. The first-order chi connectivity index (χ1) is 8.69. The summed E-state index contributed by atoms with van der Waals surface area (Å²) in [5.74, 6) is 0.494. The lowest BCUT2D eigenvalue weighted by Gasteiger charge is -2.28. The van der Waals surface area contributed by atoms with Gasteiger partial charge < -0.3 is 4.74 Å². The van der Waals surface area contributed by atoms with Crippen LogP contribution >= 0.6 is 0 Å². The number of carbonyl (C=O) groups excluding carboxylic acids is 1. The summed E-state index contributed by atoms with van der Waals surface area (Å²) in [5.41, 5.74) is 2.83. The van der Waals surface area contributed by atoms with Gasteiger partial charge in [-0.2, -0.15) is 0 Å². The first kappa shape index (κ1) is 18.7. The molecule has 1 saturated carbocycles. The maximum atomic E-state index is 10.9. The van der Waals surface area contributed by atoms with Crippen molar-refractivity contribution in [3.63, 3.8) is 0 Å². The van der Waals surface area contributed by atoms with Crippen molar-refractivity contribution in [1.82, 2.24) is 0 Å². The van der Waals surface area contributed by atoms with Crippen LogP contribution in [0.4, 0.5) is 0 Å². The second kappa shape index (κ2) is 8.78. The summed E-state index contributed by atoms with van der Waals surface area (Å²) in [5, 5.41) is 0. The Morgan fingerprint density at radius 3 is 2.10 bits per heavy atom. The van der Waals surface area contributed by atoms with Crippen molar-refractivity contribution in [3.05, 3.63) is 35.4 Å². The monoisotopic (exact) mass is 278 g/mol. The molecule has 20 heavy (non-hydrogen) atoms. The minimum Gasteiger partial charge on any atom is -0.463 e. The van der Waals surface area contributed by atoms with Crippen molar-refractivity contribution in [1.29, 1.82) is 0 Å². The zero-order valence-corrected chi connectivity index (χ0v) is 11.3. The van der Waals surface area contributed by atoms with Crippen LogP contribution in [0.15, 0.2) is 24.3 Å². The lowest BCUT2D eigenvalue weighted by atomic mass is 9.82. The van der Waals surface area contributed by atoms with E-state index in [1.165, 1.54) is 18.1 Å². The molecule has 0 N–H and O–H groups in total. The molecule has 0 amide bonds. The fourth-order valence-electron chi connectivity index (χ4n) is 2.77. The predicted octanol–water partition coefficient (Wildman–Crippen LogP) is 5.11. The number of carbonyl (C=O) groups is 1. The van der Waals surface area contributed by atoms with Gasteiger partial charge in [0.1, 0.15) is 6.10 Å². The number of ether oxygens (including phenoxy) is 1. The Bertz CT molecular complexity index is 386. The molecule has 1 fully saturated rings. The number of rotatable bonds is 3. The molecule has 0 radical (unpaired) electrons. The quantitative estimate of drug-likeness (QED) is 0.718. The fraction of sp³-hybridized carbons (Fsp3) is 0.611. The maximum absolute atomic E-state index is 10.9. The zero-order valence-electron chi connectivity index (χ0n) is 11.3. The number of hydrogen-bond acceptors (Lipinski definition) is 2. The van der Waals surface area contributed by atoms with Gasteiger partial charge in [-0.3, -0.25) is 4.79 Å². The van der Waals surface area contributed by atoms with E-state index >= 15 is 0 Å². The van der Waals surface area contributed by atoms with Gasteiger partial charge in [0.15, 0.2) is 0 Å². The van der Waals surface area contributed by atoms with Crippen LogP contribution < -0.4 is 0 Å². The van der Waals surface area contributed by atoms with Gasteiger partial charge in [-0.25, -0.2) is 0 Å². The number of benzene rings is 1. The van der Waals surface area contributed by atoms with Crippen LogP contribution in [0, 0.1) is 0 Å². The Labute approximate surface area is 124 Å². The molecule has 0 heterocycles. The van der Waals surface area contributed by atoms with Crippen LogP contribution in [-0.2, 0) is 16.0 Å². The van der Waals surface area contributed by atoms with Gasteiger partial charge in [0.05, 0.1) is 0 Å². The van der Waals surface area contributed by atoms with E-state index in [4.69, 9.17) is 4.74 Å². The third-order valence-corrected chi connectivity index (χ3v) is 3.87. The minimum atomic E-state index is -0.147. The van der Waals surface area contributed by atoms with Gasteiger partial charge in [0.25, 0.3) is 0 Å². The van der Waals surface area contributed by atoms with Crippen LogP contribution in [0.5, 0.6) is 0 Å². The number of esters is 1. The molecular formula is C18H30O2. The van der Waals surface area contributed by atoms with E-state index in [1.54, 1.807) is 0 Å². The normalized spacial score (nSPS) is 21.3. The molecule has 2 nitrogen and oxygen atoms in total. The highest BCUT2D eigenvalue weighted by Gasteiger charge is 2.23. The standard InChI is InChI=1S/C16H22O2.2CH4/c1-3-13-4-6-14(7-5-13)15-8-10-16(11-9-15)18-12(2)17;;/h4-7,15-16H,3,8-11H2,1-2H3;2*1H4. The molecule has 1 aliphatic carbocycles. The van der Waals surface area contributed by atoms with E-state index in [2.05, 4.69) is 31.2 Å². The third-order valence-electron chi connectivity index (χ3n) is 3.87. The average Bonchev–Trinajstić information content (AvgIpc) is 2.39. The van der Waals surface area contributed by atoms with Crippen molar-refractivity contribution < 1.29 is 9.53 Å². The first-order valence-corrected chi connectivity index (χ1v) is 6.95. The molecule has 0 bridgehead atoms. The lowest BCUT2D eigenvalue weighted by molar-refractivity contribution is -0.147. The van der Waals surface area contributed by atoms with Gasteiger partial charge in [-0.15, -0.1) is 0 Å². The molecule has 2 heteroatoms. The van der Waals surface area contributed by atoms with Crippen LogP contribution in [-0.4, -0.2) is 12.1 Å². The molecule has 0 spiro atoms. The summed E-state index contributed by atoms with van der Waals surface area (Å²) in [6.45, 7) is 3.68. The largest absolute Gasteiger partial charge is 0.463 e. The Morgan fingerprint density at radius 1 is 1.10 bits per heavy atom. The molecular weight excluding hydrogens is 248 g/mol. The van der Waals surface area contributed by atoms with Crippen LogP contribution in [0.3, 0.4) is 0 Å². The second-order valence-electron chi connectivity index (χ2n) is 5.18. The molecule has 1 aromatic rings. The van der Waals surface area contributed by atoms with E-state index in [9.17, 15) is 4.79 Å². The van der Waals surface area contributed by atoms with Gasteiger partial charge in [0, 0.05) is 6.92 Å². The SMILES string of the molecule is C.C.CCc1ccc(C2CCC(OC(C)=O)CC2)cc1. The third kappa shape index (κ3) is 4.99. The lowest BCUT2D eigenvalue weighted by Crippen LogP contribution is -2.22. The predicted molar refractivity (Wildman–Crippen MR) is 86.0 cm³/mol. The highest BCUT2D eigenvalue weighted by molar-refractivity contribution is 5.66. The fourth-order valence-corrected chi connectivity index (χ4v) is 2.77. The second-order valence-corrected chi connectivity index (χ2v) is 5.18. The Morgan fingerprint density at radius 2 is 1.65 bits per heavy atom. The number of hydrogen-bond donors (Lipinski definition) is 0. The topological polar surface area (TPSA) is 26.3 Å². The van der Waals surface area contributed by atoms with Crippen molar-refractivity contribution >= 4 is 5.97 Å². The van der Waals surface area contributed by atoms with E-state index in [0.29, 0.717) is 5.92 Å². The molecule has 0 aliphatic heterocycles. The van der Waals surface area contributed by atoms with Gasteiger partial charge in [0.2, 0.25) is 0 Å². The van der Waals surface area contributed by atoms with E-state index in [-0.39, 0.29) is 26.9 Å². The molecule has 114 valence electrons. The molecule has 1 aliphatic rings. The maximum Gasteiger partial charge on any atom is 0.302 e. The highest BCUT2D eigenvalue weighted by Crippen LogP contribution is 2.34. The van der Waals surface area contributed by atoms with Gasteiger partial charge >= 0.3 is 5.97 Å². The van der Waals surface area contributed by atoms with Crippen LogP contribution in [0.25, 0.3) is 0 Å². The molecule has 2 rings (SSSR count). The summed E-state index contributed by atoms with van der Waals surface area (Å²) in [4.78, 5) is 10.9. The minimum absolute atomic E-state index is 0. The van der Waals surface area contributed by atoms with Gasteiger partial charge in [-0.05, 0) is 49.1 Å². The summed E-state index contributed by atoms with van der Waals surface area (Å²) >= 11 is 0. The molecule has 0 unspecified atom stereocenters. The van der Waals surface area contributed by atoms with Crippen molar-refractivity contribution in [2.24, 2.45) is 0 Å². The summed E-state index contributed by atoms with van der Waals surface area (Å²) in [6.07, 6.45) is 5.50. The van der Waals surface area contributed by atoms with Crippen molar-refractivity contribution in [3.8, 4) is 0 Å². The molecule has 1 aromatic carbocycles. The van der Waals surface area contributed by atoms with Crippen molar-refractivity contribution in [2.45, 2.75) is 72.8 Å².